The Morgan fingerprint density at radius 3 is 2.68 bits per heavy atom. The third kappa shape index (κ3) is 3.55. The fourth-order valence-corrected chi connectivity index (χ4v) is 2.26. The molecule has 1 fully saturated rings. The second-order valence-corrected chi connectivity index (χ2v) is 5.42. The Hall–Kier alpha value is -3.49. The third-order valence-electron chi connectivity index (χ3n) is 3.47. The number of rotatable bonds is 4. The van der Waals surface area contributed by atoms with E-state index in [0.29, 0.717) is 10.6 Å². The number of hydroxylamine groups is 2. The number of anilines is 1. The number of aromatic nitrogens is 2. The fraction of sp³-hybridized carbons (Fsp3) is 0.188. The van der Waals surface area contributed by atoms with E-state index in [1.807, 2.05) is 0 Å². The minimum absolute atomic E-state index is 0.0462. The third-order valence-corrected chi connectivity index (χ3v) is 3.47. The monoisotopic (exact) mass is 341 g/mol. The first-order valence-electron chi connectivity index (χ1n) is 7.48. The number of imidazole rings is 1. The van der Waals surface area contributed by atoms with Crippen LogP contribution in [0.3, 0.4) is 0 Å². The van der Waals surface area contributed by atoms with Crippen molar-refractivity contribution >= 4 is 29.9 Å². The standard InChI is InChI=1S/C16H15N5O4/c1-10-9-20(16(17)19-10)18-8-11-3-2-4-12(7-11)15(24)25-21-13(22)5-6-14(21)23/h2-4,7-9H,5-6H2,1H3,(H2,17,19). The minimum atomic E-state index is -0.795. The Kier molecular flexibility index (Phi) is 4.29. The summed E-state index contributed by atoms with van der Waals surface area (Å²) in [6.07, 6.45) is 3.25. The van der Waals surface area contributed by atoms with Crippen molar-refractivity contribution in [2.75, 3.05) is 5.73 Å². The first-order chi connectivity index (χ1) is 11.9. The number of amides is 2. The highest BCUT2D eigenvalue weighted by molar-refractivity contribution is 6.03. The number of nitrogens with two attached hydrogens (primary N) is 1. The minimum Gasteiger partial charge on any atom is -0.368 e. The van der Waals surface area contributed by atoms with Crippen LogP contribution >= 0.6 is 0 Å². The molecule has 9 heteroatoms. The van der Waals surface area contributed by atoms with Crippen LogP contribution in [0.25, 0.3) is 0 Å². The van der Waals surface area contributed by atoms with Crippen molar-refractivity contribution in [3.05, 3.63) is 47.3 Å². The number of aryl methyl sites for hydroxylation is 1. The van der Waals surface area contributed by atoms with Crippen molar-refractivity contribution in [2.45, 2.75) is 19.8 Å². The van der Waals surface area contributed by atoms with Gasteiger partial charge in [0.2, 0.25) is 5.95 Å². The highest BCUT2D eigenvalue weighted by atomic mass is 16.7. The predicted molar refractivity (Wildman–Crippen MR) is 87.3 cm³/mol. The highest BCUT2D eigenvalue weighted by Gasteiger charge is 2.33. The van der Waals surface area contributed by atoms with Crippen LogP contribution in [0.2, 0.25) is 0 Å². The molecule has 2 N–H and O–H groups in total. The van der Waals surface area contributed by atoms with E-state index in [2.05, 4.69) is 10.1 Å². The molecule has 0 bridgehead atoms. The van der Waals surface area contributed by atoms with E-state index in [4.69, 9.17) is 10.6 Å². The van der Waals surface area contributed by atoms with Gasteiger partial charge < -0.3 is 10.6 Å². The van der Waals surface area contributed by atoms with E-state index in [-0.39, 0.29) is 24.4 Å². The molecule has 128 valence electrons. The van der Waals surface area contributed by atoms with Gasteiger partial charge in [-0.1, -0.05) is 12.1 Å². The maximum atomic E-state index is 12.1. The van der Waals surface area contributed by atoms with Crippen molar-refractivity contribution < 1.29 is 19.2 Å². The Morgan fingerprint density at radius 2 is 2.04 bits per heavy atom. The maximum absolute atomic E-state index is 12.1. The zero-order chi connectivity index (χ0) is 18.0. The summed E-state index contributed by atoms with van der Waals surface area (Å²) in [5.74, 6) is -1.60. The normalized spacial score (nSPS) is 14.5. The molecule has 0 atom stereocenters. The summed E-state index contributed by atoms with van der Waals surface area (Å²) in [4.78, 5) is 44.0. The first-order valence-corrected chi connectivity index (χ1v) is 7.48. The van der Waals surface area contributed by atoms with Gasteiger partial charge in [-0.05, 0) is 24.6 Å². The molecule has 0 spiro atoms. The Morgan fingerprint density at radius 1 is 1.32 bits per heavy atom. The Balaban J connectivity index is 1.75. The first kappa shape index (κ1) is 16.4. The summed E-state index contributed by atoms with van der Waals surface area (Å²) in [6.45, 7) is 1.79. The number of hydrogen-bond acceptors (Lipinski definition) is 7. The average Bonchev–Trinajstić information content (AvgIpc) is 3.08. The highest BCUT2D eigenvalue weighted by Crippen LogP contribution is 2.15. The molecular weight excluding hydrogens is 326 g/mol. The number of carbonyl (C=O) groups excluding carboxylic acids is 3. The number of nitrogens with zero attached hydrogens (tertiary/aromatic N) is 4. The SMILES string of the molecule is Cc1cn(N=Cc2cccc(C(=O)ON3C(=O)CCC3=O)c2)c(N)n1. The van der Waals surface area contributed by atoms with Gasteiger partial charge in [0.05, 0.1) is 23.7 Å². The largest absolute Gasteiger partial charge is 0.368 e. The molecular formula is C16H15N5O4. The number of carbonyl (C=O) groups is 3. The lowest BCUT2D eigenvalue weighted by atomic mass is 10.1. The smallest absolute Gasteiger partial charge is 0.363 e. The molecule has 1 aromatic carbocycles. The fourth-order valence-electron chi connectivity index (χ4n) is 2.26. The summed E-state index contributed by atoms with van der Waals surface area (Å²) in [7, 11) is 0. The van der Waals surface area contributed by atoms with E-state index in [0.717, 1.165) is 5.69 Å². The van der Waals surface area contributed by atoms with Gasteiger partial charge in [0.1, 0.15) is 0 Å². The van der Waals surface area contributed by atoms with Gasteiger partial charge in [0.15, 0.2) is 0 Å². The summed E-state index contributed by atoms with van der Waals surface area (Å²) in [5, 5.41) is 4.67. The van der Waals surface area contributed by atoms with Crippen LogP contribution in [-0.4, -0.2) is 38.7 Å². The second-order valence-electron chi connectivity index (χ2n) is 5.42. The van der Waals surface area contributed by atoms with Crippen LogP contribution in [0, 0.1) is 6.92 Å². The maximum Gasteiger partial charge on any atom is 0.363 e. The zero-order valence-corrected chi connectivity index (χ0v) is 13.4. The molecule has 0 saturated carbocycles. The van der Waals surface area contributed by atoms with E-state index in [1.54, 1.807) is 25.3 Å². The molecule has 2 heterocycles. The average molecular weight is 341 g/mol. The Bertz CT molecular complexity index is 870. The van der Waals surface area contributed by atoms with E-state index in [1.165, 1.54) is 23.0 Å². The van der Waals surface area contributed by atoms with Gasteiger partial charge in [-0.15, -0.1) is 5.06 Å². The molecule has 1 aromatic heterocycles. The van der Waals surface area contributed by atoms with Gasteiger partial charge in [-0.25, -0.2) is 14.5 Å². The number of nitrogen functional groups attached to an aromatic ring is 1. The Labute approximate surface area is 142 Å². The summed E-state index contributed by atoms with van der Waals surface area (Å²) in [5.41, 5.74) is 7.22. The zero-order valence-electron chi connectivity index (χ0n) is 13.4. The lowest BCUT2D eigenvalue weighted by Gasteiger charge is -2.12. The van der Waals surface area contributed by atoms with Crippen LogP contribution in [0.15, 0.2) is 35.6 Å². The molecule has 0 unspecified atom stereocenters. The molecule has 3 rings (SSSR count). The van der Waals surface area contributed by atoms with Crippen molar-refractivity contribution in [3.8, 4) is 0 Å². The van der Waals surface area contributed by atoms with Crippen molar-refractivity contribution in [1.82, 2.24) is 14.7 Å². The van der Waals surface area contributed by atoms with Crippen LogP contribution in [0.4, 0.5) is 5.95 Å². The van der Waals surface area contributed by atoms with Gasteiger partial charge in [0, 0.05) is 12.8 Å². The summed E-state index contributed by atoms with van der Waals surface area (Å²) < 4.78 is 1.40. The molecule has 2 amide bonds. The summed E-state index contributed by atoms with van der Waals surface area (Å²) in [6, 6.07) is 6.40. The molecule has 25 heavy (non-hydrogen) atoms. The van der Waals surface area contributed by atoms with Gasteiger partial charge in [-0.2, -0.15) is 5.10 Å². The predicted octanol–water partition coefficient (Wildman–Crippen LogP) is 0.877. The number of imide groups is 1. The van der Waals surface area contributed by atoms with Gasteiger partial charge >= 0.3 is 5.97 Å². The van der Waals surface area contributed by atoms with E-state index >= 15 is 0 Å². The topological polar surface area (TPSA) is 120 Å². The van der Waals surface area contributed by atoms with Crippen LogP contribution in [0.5, 0.6) is 0 Å². The lowest BCUT2D eigenvalue weighted by molar-refractivity contribution is -0.172. The lowest BCUT2D eigenvalue weighted by Crippen LogP contribution is -2.32. The summed E-state index contributed by atoms with van der Waals surface area (Å²) >= 11 is 0. The van der Waals surface area contributed by atoms with Gasteiger partial charge in [-0.3, -0.25) is 9.59 Å². The van der Waals surface area contributed by atoms with Gasteiger partial charge in [0.25, 0.3) is 11.8 Å². The molecule has 0 radical (unpaired) electrons. The van der Waals surface area contributed by atoms with Crippen molar-refractivity contribution in [1.29, 1.82) is 0 Å². The van der Waals surface area contributed by atoms with E-state index in [9.17, 15) is 14.4 Å². The molecule has 9 nitrogen and oxygen atoms in total. The van der Waals surface area contributed by atoms with Crippen LogP contribution < -0.4 is 5.73 Å². The quantitative estimate of drug-likeness (QED) is 0.651. The van der Waals surface area contributed by atoms with E-state index < -0.39 is 17.8 Å². The molecule has 0 aliphatic carbocycles. The van der Waals surface area contributed by atoms with Crippen LogP contribution in [0.1, 0.15) is 34.5 Å². The molecule has 1 aliphatic heterocycles. The molecule has 2 aromatic rings. The van der Waals surface area contributed by atoms with Crippen molar-refractivity contribution in [2.24, 2.45) is 5.10 Å². The van der Waals surface area contributed by atoms with Crippen molar-refractivity contribution in [3.63, 3.8) is 0 Å². The second kappa shape index (κ2) is 6.56. The van der Waals surface area contributed by atoms with Crippen LogP contribution in [-0.2, 0) is 14.4 Å². The number of benzene rings is 1. The molecule has 1 saturated heterocycles. The number of hydrogen-bond donors (Lipinski definition) is 1. The molecule has 1 aliphatic rings.